The van der Waals surface area contributed by atoms with Crippen LogP contribution in [0.15, 0.2) is 47.4 Å². The fraction of sp³-hybridized carbons (Fsp3) is 0.348. The molecule has 2 aromatic carbocycles. The Balaban J connectivity index is 1.63. The summed E-state index contributed by atoms with van der Waals surface area (Å²) in [7, 11) is -2.71. The van der Waals surface area contributed by atoms with E-state index < -0.39 is 44.2 Å². The first-order chi connectivity index (χ1) is 17.0. The fourth-order valence-corrected chi connectivity index (χ4v) is 6.74. The van der Waals surface area contributed by atoms with Gasteiger partial charge in [-0.15, -0.1) is 0 Å². The van der Waals surface area contributed by atoms with Crippen LogP contribution in [0.3, 0.4) is 0 Å². The third kappa shape index (κ3) is 3.38. The SMILES string of the molecule is Cc1ccc(S(=O)(=O)N2CCN3c4ccc([N+](=O)[O-])cc4C[C@@]4(C(=O)NC(=O)N(C)C4=O)[C@H]3C2)cc1. The first-order valence-corrected chi connectivity index (χ1v) is 12.6. The molecule has 2 atom stereocenters. The summed E-state index contributed by atoms with van der Waals surface area (Å²) in [5.41, 5.74) is -0.166. The van der Waals surface area contributed by atoms with Gasteiger partial charge in [0.2, 0.25) is 21.8 Å². The van der Waals surface area contributed by atoms with Crippen LogP contribution in [0.5, 0.6) is 0 Å². The largest absolute Gasteiger partial charge is 0.364 e. The molecule has 0 saturated carbocycles. The standard InChI is InChI=1S/C23H23N5O7S/c1-14-3-6-17(7-4-14)36(34,35)26-9-10-27-18-8-5-16(28(32)33)11-15(18)12-23(19(27)13-26)20(29)24-22(31)25(2)21(23)30/h3-8,11,19H,9-10,12-13H2,1-2H3,(H,24,29,31)/t19-,23+/m1/s1. The van der Waals surface area contributed by atoms with Gasteiger partial charge in [-0.2, -0.15) is 4.31 Å². The molecule has 0 radical (unpaired) electrons. The smallest absolute Gasteiger partial charge is 0.330 e. The van der Waals surface area contributed by atoms with Gasteiger partial charge in [0.1, 0.15) is 0 Å². The second kappa shape index (κ2) is 8.10. The molecule has 2 aromatic rings. The number of piperazine rings is 1. The number of imide groups is 2. The van der Waals surface area contributed by atoms with Crippen LogP contribution in [-0.2, 0) is 26.0 Å². The maximum absolute atomic E-state index is 13.6. The van der Waals surface area contributed by atoms with Crippen molar-refractivity contribution in [3.8, 4) is 0 Å². The maximum Gasteiger partial charge on any atom is 0.330 e. The summed E-state index contributed by atoms with van der Waals surface area (Å²) >= 11 is 0. The molecule has 1 spiro atoms. The van der Waals surface area contributed by atoms with Gasteiger partial charge < -0.3 is 4.90 Å². The van der Waals surface area contributed by atoms with Crippen molar-refractivity contribution >= 4 is 39.2 Å². The molecule has 0 unspecified atom stereocenters. The summed E-state index contributed by atoms with van der Waals surface area (Å²) in [5.74, 6) is -1.63. The highest BCUT2D eigenvalue weighted by Gasteiger charge is 2.63. The number of nitrogens with one attached hydrogen (secondary N) is 1. The van der Waals surface area contributed by atoms with Crippen molar-refractivity contribution in [2.75, 3.05) is 31.6 Å². The number of hydrogen-bond donors (Lipinski definition) is 1. The number of nitro benzene ring substituents is 1. The average Bonchev–Trinajstić information content (AvgIpc) is 2.85. The molecule has 36 heavy (non-hydrogen) atoms. The van der Waals surface area contributed by atoms with E-state index in [2.05, 4.69) is 5.32 Å². The van der Waals surface area contributed by atoms with Gasteiger partial charge in [-0.1, -0.05) is 17.7 Å². The van der Waals surface area contributed by atoms with Gasteiger partial charge in [0.25, 0.3) is 5.69 Å². The molecule has 3 aliphatic heterocycles. The monoisotopic (exact) mass is 513 g/mol. The highest BCUT2D eigenvalue weighted by molar-refractivity contribution is 7.89. The van der Waals surface area contributed by atoms with Crippen molar-refractivity contribution in [1.82, 2.24) is 14.5 Å². The Morgan fingerprint density at radius 1 is 1.08 bits per heavy atom. The molecule has 0 aromatic heterocycles. The number of sulfonamides is 1. The van der Waals surface area contributed by atoms with Crippen molar-refractivity contribution in [2.24, 2.45) is 5.41 Å². The first kappa shape index (κ1) is 23.9. The third-order valence-corrected chi connectivity index (χ3v) is 9.12. The minimum Gasteiger partial charge on any atom is -0.364 e. The number of carbonyl (C=O) groups is 3. The molecular formula is C23H23N5O7S. The lowest BCUT2D eigenvalue weighted by Gasteiger charge is -2.54. The van der Waals surface area contributed by atoms with Crippen LogP contribution in [0.4, 0.5) is 16.2 Å². The van der Waals surface area contributed by atoms with Crippen LogP contribution < -0.4 is 10.2 Å². The molecule has 4 amide bonds. The molecule has 2 saturated heterocycles. The van der Waals surface area contributed by atoms with Crippen LogP contribution >= 0.6 is 0 Å². The predicted molar refractivity (Wildman–Crippen MR) is 127 cm³/mol. The number of barbiturate groups is 1. The summed E-state index contributed by atoms with van der Waals surface area (Å²) in [5, 5.41) is 13.6. The highest BCUT2D eigenvalue weighted by atomic mass is 32.2. The number of amides is 4. The van der Waals surface area contributed by atoms with E-state index in [1.54, 1.807) is 23.1 Å². The van der Waals surface area contributed by atoms with Crippen LogP contribution in [0, 0.1) is 22.5 Å². The Hall–Kier alpha value is -3.84. The van der Waals surface area contributed by atoms with E-state index in [9.17, 15) is 32.9 Å². The number of anilines is 1. The maximum atomic E-state index is 13.6. The Labute approximate surface area is 206 Å². The van der Waals surface area contributed by atoms with E-state index in [4.69, 9.17) is 0 Å². The average molecular weight is 514 g/mol. The van der Waals surface area contributed by atoms with Crippen LogP contribution in [0.1, 0.15) is 11.1 Å². The van der Waals surface area contributed by atoms with E-state index in [1.165, 1.54) is 35.6 Å². The molecule has 13 heteroatoms. The van der Waals surface area contributed by atoms with Gasteiger partial charge in [-0.3, -0.25) is 29.9 Å². The number of non-ortho nitro benzene ring substituents is 1. The second-order valence-corrected chi connectivity index (χ2v) is 11.2. The van der Waals surface area contributed by atoms with Gasteiger partial charge in [-0.05, 0) is 30.7 Å². The Kier molecular flexibility index (Phi) is 5.37. The van der Waals surface area contributed by atoms with Crippen molar-refractivity contribution < 1.29 is 27.7 Å². The number of benzene rings is 2. The van der Waals surface area contributed by atoms with Crippen molar-refractivity contribution in [1.29, 1.82) is 0 Å². The minimum atomic E-state index is -3.95. The van der Waals surface area contributed by atoms with Crippen LogP contribution in [0.25, 0.3) is 0 Å². The molecule has 5 rings (SSSR count). The Bertz CT molecular complexity index is 1420. The summed E-state index contributed by atoms with van der Waals surface area (Å²) in [6.45, 7) is 1.87. The molecule has 0 aliphatic carbocycles. The number of urea groups is 1. The van der Waals surface area contributed by atoms with Gasteiger partial charge in [0.15, 0.2) is 5.41 Å². The lowest BCUT2D eigenvalue weighted by atomic mass is 9.68. The Morgan fingerprint density at radius 2 is 1.78 bits per heavy atom. The van der Waals surface area contributed by atoms with Crippen molar-refractivity contribution in [2.45, 2.75) is 24.3 Å². The van der Waals surface area contributed by atoms with E-state index in [0.717, 1.165) is 10.5 Å². The molecule has 188 valence electrons. The number of aryl methyl sites for hydroxylation is 1. The lowest BCUT2D eigenvalue weighted by Crippen LogP contribution is -2.74. The van der Waals surface area contributed by atoms with Crippen LogP contribution in [0.2, 0.25) is 0 Å². The summed E-state index contributed by atoms with van der Waals surface area (Å²) in [6.07, 6.45) is -0.216. The normalized spacial score (nSPS) is 24.4. The summed E-state index contributed by atoms with van der Waals surface area (Å²) in [4.78, 5) is 52.6. The quantitative estimate of drug-likeness (QED) is 0.363. The molecule has 2 fully saturated rings. The third-order valence-electron chi connectivity index (χ3n) is 7.24. The van der Waals surface area contributed by atoms with Gasteiger partial charge in [0.05, 0.1) is 15.9 Å². The highest BCUT2D eigenvalue weighted by Crippen LogP contribution is 2.46. The van der Waals surface area contributed by atoms with E-state index >= 15 is 0 Å². The topological polar surface area (TPSA) is 150 Å². The van der Waals surface area contributed by atoms with Crippen molar-refractivity contribution in [3.05, 3.63) is 63.7 Å². The fourth-order valence-electron chi connectivity index (χ4n) is 5.30. The van der Waals surface area contributed by atoms with Gasteiger partial charge in [-0.25, -0.2) is 13.2 Å². The molecule has 1 N–H and O–H groups in total. The minimum absolute atomic E-state index is 0.0732. The second-order valence-electron chi connectivity index (χ2n) is 9.23. The molecule has 12 nitrogen and oxygen atoms in total. The lowest BCUT2D eigenvalue weighted by molar-refractivity contribution is -0.384. The van der Waals surface area contributed by atoms with E-state index in [1.807, 2.05) is 6.92 Å². The zero-order chi connectivity index (χ0) is 26.0. The number of hydrogen-bond acceptors (Lipinski definition) is 8. The van der Waals surface area contributed by atoms with Crippen molar-refractivity contribution in [3.63, 3.8) is 0 Å². The Morgan fingerprint density at radius 3 is 2.44 bits per heavy atom. The first-order valence-electron chi connectivity index (χ1n) is 11.2. The summed E-state index contributed by atoms with van der Waals surface area (Å²) in [6, 6.07) is 8.77. The molecule has 3 aliphatic rings. The van der Waals surface area contributed by atoms with Crippen LogP contribution in [-0.4, -0.2) is 73.1 Å². The molecule has 3 heterocycles. The summed E-state index contributed by atoms with van der Waals surface area (Å²) < 4.78 is 28.2. The number of rotatable bonds is 3. The zero-order valence-corrected chi connectivity index (χ0v) is 20.3. The number of fused-ring (bicyclic) bond motifs is 4. The van der Waals surface area contributed by atoms with E-state index in [-0.39, 0.29) is 36.6 Å². The number of nitrogens with zero attached hydrogens (tertiary/aromatic N) is 4. The number of carbonyl (C=O) groups excluding carboxylic acids is 3. The molecular weight excluding hydrogens is 490 g/mol. The molecule has 0 bridgehead atoms. The van der Waals surface area contributed by atoms with Gasteiger partial charge in [0, 0.05) is 50.9 Å². The predicted octanol–water partition coefficient (Wildman–Crippen LogP) is 1.03. The zero-order valence-electron chi connectivity index (χ0n) is 19.5. The number of nitro groups is 1. The van der Waals surface area contributed by atoms with E-state index in [0.29, 0.717) is 11.3 Å². The van der Waals surface area contributed by atoms with Gasteiger partial charge >= 0.3 is 6.03 Å².